The maximum absolute atomic E-state index is 12.5. The van der Waals surface area contributed by atoms with E-state index in [9.17, 15) is 14.9 Å². The van der Waals surface area contributed by atoms with Crippen molar-refractivity contribution in [1.29, 1.82) is 0 Å². The Morgan fingerprint density at radius 3 is 2.50 bits per heavy atom. The van der Waals surface area contributed by atoms with Crippen LogP contribution >= 0.6 is 0 Å². The zero-order valence-electron chi connectivity index (χ0n) is 12.4. The van der Waals surface area contributed by atoms with Crippen LogP contribution in [0.4, 0.5) is 11.5 Å². The lowest BCUT2D eigenvalue weighted by molar-refractivity contribution is -0.385. The lowest BCUT2D eigenvalue weighted by atomic mass is 10.0. The number of hydrogen-bond acceptors (Lipinski definition) is 5. The third-order valence-electron chi connectivity index (χ3n) is 3.45. The largest absolute Gasteiger partial charge is 0.372 e. The van der Waals surface area contributed by atoms with Gasteiger partial charge in [-0.25, -0.2) is 4.98 Å². The van der Waals surface area contributed by atoms with E-state index in [1.54, 1.807) is 19.0 Å². The van der Waals surface area contributed by atoms with Crippen LogP contribution in [0.5, 0.6) is 0 Å². The summed E-state index contributed by atoms with van der Waals surface area (Å²) in [6.45, 7) is 5.96. The van der Waals surface area contributed by atoms with E-state index >= 15 is 0 Å². The van der Waals surface area contributed by atoms with E-state index in [2.05, 4.69) is 10.3 Å². The quantitative estimate of drug-likeness (QED) is 0.659. The second-order valence-corrected chi connectivity index (χ2v) is 5.00. The topological polar surface area (TPSA) is 88.4 Å². The third kappa shape index (κ3) is 3.23. The molecule has 0 spiro atoms. The van der Waals surface area contributed by atoms with Crippen LogP contribution < -0.4 is 5.32 Å². The molecule has 7 nitrogen and oxygen atoms in total. The van der Waals surface area contributed by atoms with Crippen molar-refractivity contribution in [3.8, 4) is 0 Å². The molecule has 0 aliphatic heterocycles. The molecule has 0 fully saturated rings. The number of hydrogen-bond donors (Lipinski definition) is 1. The minimum Gasteiger partial charge on any atom is -0.372 e. The zero-order chi connectivity index (χ0) is 15.4. The number of amides is 1. The molecule has 0 radical (unpaired) electrons. The van der Waals surface area contributed by atoms with E-state index < -0.39 is 4.92 Å². The summed E-state index contributed by atoms with van der Waals surface area (Å²) in [5, 5.41) is 13.6. The van der Waals surface area contributed by atoms with E-state index in [0.717, 1.165) is 6.20 Å². The van der Waals surface area contributed by atoms with Gasteiger partial charge in [-0.15, -0.1) is 0 Å². The number of nitrogens with one attached hydrogen (secondary N) is 1. The van der Waals surface area contributed by atoms with Crippen LogP contribution in [0.1, 0.15) is 31.1 Å². The number of pyridine rings is 1. The van der Waals surface area contributed by atoms with E-state index in [-0.39, 0.29) is 29.1 Å². The Morgan fingerprint density at radius 1 is 1.45 bits per heavy atom. The Balaban J connectivity index is 3.19. The maximum atomic E-state index is 12.5. The Kier molecular flexibility index (Phi) is 5.01. The number of rotatable bonds is 5. The molecule has 1 aromatic heterocycles. The molecule has 0 bridgehead atoms. The van der Waals surface area contributed by atoms with Crippen molar-refractivity contribution in [1.82, 2.24) is 9.88 Å². The average Bonchev–Trinajstić information content (AvgIpc) is 2.43. The molecule has 1 unspecified atom stereocenters. The Morgan fingerprint density at radius 2 is 2.05 bits per heavy atom. The van der Waals surface area contributed by atoms with Gasteiger partial charge in [-0.3, -0.25) is 14.9 Å². The van der Waals surface area contributed by atoms with Crippen LogP contribution in [0.2, 0.25) is 0 Å². The summed E-state index contributed by atoms with van der Waals surface area (Å²) < 4.78 is 0. The molecule has 110 valence electrons. The first-order valence-electron chi connectivity index (χ1n) is 6.39. The molecule has 1 N–H and O–H groups in total. The highest BCUT2D eigenvalue weighted by Crippen LogP contribution is 2.22. The second kappa shape index (κ2) is 6.31. The predicted molar refractivity (Wildman–Crippen MR) is 76.8 cm³/mol. The average molecular weight is 280 g/mol. The van der Waals surface area contributed by atoms with Crippen molar-refractivity contribution in [2.45, 2.75) is 26.8 Å². The molecule has 0 aliphatic rings. The van der Waals surface area contributed by atoms with Gasteiger partial charge in [-0.2, -0.15) is 0 Å². The van der Waals surface area contributed by atoms with E-state index in [4.69, 9.17) is 0 Å². The monoisotopic (exact) mass is 280 g/mol. The number of nitrogens with zero attached hydrogens (tertiary/aromatic N) is 3. The first-order chi connectivity index (χ1) is 9.29. The number of aromatic nitrogens is 1. The van der Waals surface area contributed by atoms with Crippen LogP contribution in [0.3, 0.4) is 0 Å². The van der Waals surface area contributed by atoms with Crippen LogP contribution in [0.15, 0.2) is 12.3 Å². The molecule has 0 saturated carbocycles. The number of nitro groups is 1. The smallest absolute Gasteiger partial charge is 0.288 e. The summed E-state index contributed by atoms with van der Waals surface area (Å²) in [5.41, 5.74) is 0.00894. The SMILES string of the molecule is CNc1ncc([N+](=O)[O-])cc1C(=O)N(C)C(C)C(C)C. The van der Waals surface area contributed by atoms with Crippen LogP contribution in [0.25, 0.3) is 0 Å². The summed E-state index contributed by atoms with van der Waals surface area (Å²) in [4.78, 5) is 28.2. The number of carbonyl (C=O) groups is 1. The molecule has 0 aromatic carbocycles. The van der Waals surface area contributed by atoms with Gasteiger partial charge in [0.1, 0.15) is 12.0 Å². The van der Waals surface area contributed by atoms with Gasteiger partial charge in [0.25, 0.3) is 11.6 Å². The zero-order valence-corrected chi connectivity index (χ0v) is 12.4. The molecular formula is C13H20N4O3. The first kappa shape index (κ1) is 15.9. The minimum atomic E-state index is -0.560. The highest BCUT2D eigenvalue weighted by atomic mass is 16.6. The van der Waals surface area contributed by atoms with Gasteiger partial charge in [-0.05, 0) is 12.8 Å². The first-order valence-corrected chi connectivity index (χ1v) is 6.39. The van der Waals surface area contributed by atoms with E-state index in [0.29, 0.717) is 5.82 Å². The minimum absolute atomic E-state index is 0.0199. The van der Waals surface area contributed by atoms with Crippen molar-refractivity contribution < 1.29 is 9.72 Å². The van der Waals surface area contributed by atoms with Crippen molar-refractivity contribution in [3.63, 3.8) is 0 Å². The predicted octanol–water partition coefficient (Wildman–Crippen LogP) is 2.15. The normalized spacial score (nSPS) is 12.1. The standard InChI is InChI=1S/C13H20N4O3/c1-8(2)9(3)16(5)13(18)11-6-10(17(19)20)7-15-12(11)14-4/h6-9H,1-5H3,(H,14,15). The number of anilines is 1. The molecular weight excluding hydrogens is 260 g/mol. The second-order valence-electron chi connectivity index (χ2n) is 5.00. The van der Waals surface area contributed by atoms with Crippen LogP contribution in [-0.4, -0.2) is 40.9 Å². The summed E-state index contributed by atoms with van der Waals surface area (Å²) in [6, 6.07) is 1.27. The maximum Gasteiger partial charge on any atom is 0.288 e. The highest BCUT2D eigenvalue weighted by molar-refractivity contribution is 5.99. The lowest BCUT2D eigenvalue weighted by Gasteiger charge is -2.28. The van der Waals surface area contributed by atoms with Gasteiger partial charge in [-0.1, -0.05) is 13.8 Å². The Hall–Kier alpha value is -2.18. The summed E-state index contributed by atoms with van der Waals surface area (Å²) >= 11 is 0. The van der Waals surface area contributed by atoms with Gasteiger partial charge in [0.2, 0.25) is 0 Å². The molecule has 20 heavy (non-hydrogen) atoms. The van der Waals surface area contributed by atoms with Gasteiger partial charge in [0.05, 0.1) is 10.5 Å². The van der Waals surface area contributed by atoms with Gasteiger partial charge >= 0.3 is 0 Å². The van der Waals surface area contributed by atoms with Crippen molar-refractivity contribution >= 4 is 17.4 Å². The molecule has 1 aromatic rings. The van der Waals surface area contributed by atoms with Crippen molar-refractivity contribution in [2.75, 3.05) is 19.4 Å². The van der Waals surface area contributed by atoms with E-state index in [1.165, 1.54) is 6.07 Å². The fourth-order valence-electron chi connectivity index (χ4n) is 1.74. The van der Waals surface area contributed by atoms with Crippen LogP contribution in [0, 0.1) is 16.0 Å². The van der Waals surface area contributed by atoms with Crippen molar-refractivity contribution in [3.05, 3.63) is 27.9 Å². The Bertz CT molecular complexity index is 516. The molecule has 1 atom stereocenters. The molecule has 1 heterocycles. The lowest BCUT2D eigenvalue weighted by Crippen LogP contribution is -2.38. The summed E-state index contributed by atoms with van der Waals surface area (Å²) in [6.07, 6.45) is 1.13. The Labute approximate surface area is 118 Å². The summed E-state index contributed by atoms with van der Waals surface area (Å²) in [5.74, 6) is 0.337. The van der Waals surface area contributed by atoms with Gasteiger partial charge < -0.3 is 10.2 Å². The van der Waals surface area contributed by atoms with Crippen LogP contribution in [-0.2, 0) is 0 Å². The van der Waals surface area contributed by atoms with Gasteiger partial charge in [0.15, 0.2) is 0 Å². The van der Waals surface area contributed by atoms with E-state index in [1.807, 2.05) is 20.8 Å². The third-order valence-corrected chi connectivity index (χ3v) is 3.45. The molecule has 1 amide bonds. The van der Waals surface area contributed by atoms with Gasteiger partial charge in [0, 0.05) is 26.2 Å². The molecule has 1 rings (SSSR count). The fourth-order valence-corrected chi connectivity index (χ4v) is 1.74. The van der Waals surface area contributed by atoms with Crippen molar-refractivity contribution in [2.24, 2.45) is 5.92 Å². The summed E-state index contributed by atoms with van der Waals surface area (Å²) in [7, 11) is 3.31. The fraction of sp³-hybridized carbons (Fsp3) is 0.538. The molecule has 7 heteroatoms. The molecule has 0 aliphatic carbocycles. The number of carbonyl (C=O) groups excluding carboxylic acids is 1. The highest BCUT2D eigenvalue weighted by Gasteiger charge is 2.24. The molecule has 0 saturated heterocycles.